The van der Waals surface area contributed by atoms with Gasteiger partial charge in [0.15, 0.2) is 5.58 Å². The summed E-state index contributed by atoms with van der Waals surface area (Å²) in [5.41, 5.74) is 13.2. The average Bonchev–Trinajstić information content (AvgIpc) is 3.74. The zero-order valence-electron chi connectivity index (χ0n) is 36.1. The predicted molar refractivity (Wildman–Crippen MR) is 273 cm³/mol. The average molecular weight is 820 g/mol. The Hall–Kier alpha value is -7.94. The van der Waals surface area contributed by atoms with E-state index in [9.17, 15) is 0 Å². The number of para-hydroxylation sites is 1. The molecule has 0 saturated carbocycles. The Morgan fingerprint density at radius 2 is 0.828 bits per heavy atom. The van der Waals surface area contributed by atoms with Gasteiger partial charge < -0.3 is 9.32 Å². The molecule has 64 heavy (non-hydrogen) atoms. The third kappa shape index (κ3) is 6.41. The van der Waals surface area contributed by atoms with Gasteiger partial charge in [-0.2, -0.15) is 0 Å². The van der Waals surface area contributed by atoms with Gasteiger partial charge in [0.2, 0.25) is 0 Å². The van der Waals surface area contributed by atoms with Crippen molar-refractivity contribution in [3.63, 3.8) is 0 Å². The molecule has 2 nitrogen and oxygen atoms in total. The Morgan fingerprint density at radius 3 is 1.50 bits per heavy atom. The molecule has 0 atom stereocenters. The van der Waals surface area contributed by atoms with E-state index in [1.54, 1.807) is 0 Å². The second-order valence-electron chi connectivity index (χ2n) is 18.1. The van der Waals surface area contributed by atoms with Gasteiger partial charge in [-0.25, -0.2) is 0 Å². The van der Waals surface area contributed by atoms with Crippen molar-refractivity contribution in [1.29, 1.82) is 0 Å². The molecule has 0 saturated heterocycles. The van der Waals surface area contributed by atoms with Gasteiger partial charge in [0, 0.05) is 27.7 Å². The molecule has 0 aliphatic carbocycles. The zero-order chi connectivity index (χ0) is 42.9. The van der Waals surface area contributed by atoms with Crippen molar-refractivity contribution in [2.45, 2.75) is 26.2 Å². The third-order valence-corrected chi connectivity index (χ3v) is 13.1. The first kappa shape index (κ1) is 37.8. The minimum atomic E-state index is -0.119. The van der Waals surface area contributed by atoms with E-state index < -0.39 is 0 Å². The summed E-state index contributed by atoms with van der Waals surface area (Å²) in [7, 11) is 0. The Bertz CT molecular complexity index is 3750. The minimum absolute atomic E-state index is 0.119. The van der Waals surface area contributed by atoms with Crippen molar-refractivity contribution >= 4 is 82.1 Å². The highest BCUT2D eigenvalue weighted by Gasteiger charge is 2.26. The van der Waals surface area contributed by atoms with Crippen molar-refractivity contribution in [2.75, 3.05) is 4.90 Å². The fourth-order valence-corrected chi connectivity index (χ4v) is 9.84. The van der Waals surface area contributed by atoms with Crippen molar-refractivity contribution < 1.29 is 4.42 Å². The number of hydrogen-bond donors (Lipinski definition) is 0. The van der Waals surface area contributed by atoms with Gasteiger partial charge in [-0.1, -0.05) is 185 Å². The molecule has 1 aromatic heterocycles. The van der Waals surface area contributed by atoms with Crippen LogP contribution in [0.25, 0.3) is 98.4 Å². The maximum atomic E-state index is 7.16. The molecule has 0 aliphatic rings. The number of fused-ring (bicyclic) bond motifs is 8. The second-order valence-corrected chi connectivity index (χ2v) is 18.1. The van der Waals surface area contributed by atoms with E-state index in [0.29, 0.717) is 0 Å². The molecule has 2 heteroatoms. The maximum Gasteiger partial charge on any atom is 0.159 e. The van der Waals surface area contributed by atoms with E-state index >= 15 is 0 Å². The van der Waals surface area contributed by atoms with E-state index in [1.807, 2.05) is 0 Å². The first-order valence-electron chi connectivity index (χ1n) is 22.2. The number of benzene rings is 11. The van der Waals surface area contributed by atoms with Gasteiger partial charge in [-0.05, 0) is 136 Å². The lowest BCUT2D eigenvalue weighted by Gasteiger charge is -2.26. The molecule has 0 bridgehead atoms. The molecule has 0 unspecified atom stereocenters. The largest absolute Gasteiger partial charge is 0.454 e. The summed E-state index contributed by atoms with van der Waals surface area (Å²) in [6.45, 7) is 6.82. The molecule has 0 N–H and O–H groups in total. The van der Waals surface area contributed by atoms with Gasteiger partial charge in [0.05, 0.1) is 5.69 Å². The number of nitrogens with zero attached hydrogens (tertiary/aromatic N) is 1. The van der Waals surface area contributed by atoms with Crippen molar-refractivity contribution in [3.05, 3.63) is 224 Å². The van der Waals surface area contributed by atoms with Crippen molar-refractivity contribution in [3.8, 4) is 33.4 Å². The van der Waals surface area contributed by atoms with E-state index in [2.05, 4.69) is 244 Å². The fraction of sp³-hybridized carbons (Fsp3) is 0.0645. The topological polar surface area (TPSA) is 16.4 Å². The van der Waals surface area contributed by atoms with Crippen LogP contribution in [0.3, 0.4) is 0 Å². The molecule has 12 rings (SSSR count). The molecule has 11 aromatic carbocycles. The van der Waals surface area contributed by atoms with E-state index in [0.717, 1.165) is 33.6 Å². The number of hydrogen-bond acceptors (Lipinski definition) is 2. The maximum absolute atomic E-state index is 7.16. The lowest BCUT2D eigenvalue weighted by atomic mass is 9.84. The first-order chi connectivity index (χ1) is 31.3. The van der Waals surface area contributed by atoms with Crippen LogP contribution in [0.2, 0.25) is 0 Å². The molecule has 0 fully saturated rings. The van der Waals surface area contributed by atoms with Crippen LogP contribution < -0.4 is 4.90 Å². The van der Waals surface area contributed by atoms with Crippen LogP contribution in [0.1, 0.15) is 26.3 Å². The molecular weight excluding hydrogens is 775 g/mol. The van der Waals surface area contributed by atoms with E-state index in [4.69, 9.17) is 4.42 Å². The lowest BCUT2D eigenvalue weighted by molar-refractivity contribution is 0.573. The van der Waals surface area contributed by atoms with Crippen LogP contribution in [0, 0.1) is 0 Å². The SMILES string of the molecule is CC(C)(C)c1cc2ccccc2c2c1oc1c(N(c3ccc(-c4ccc5cc(-c6ccc7ccccc7c6)ccc5c4)cc3)c3ccc(-c4cccc5ccccc45)cc3)cccc12. The quantitative estimate of drug-likeness (QED) is 0.166. The summed E-state index contributed by atoms with van der Waals surface area (Å²) in [4.78, 5) is 2.36. The number of anilines is 3. The summed E-state index contributed by atoms with van der Waals surface area (Å²) in [5, 5.41) is 12.2. The van der Waals surface area contributed by atoms with Crippen LogP contribution in [0.4, 0.5) is 17.1 Å². The monoisotopic (exact) mass is 819 g/mol. The Morgan fingerprint density at radius 1 is 0.344 bits per heavy atom. The van der Waals surface area contributed by atoms with E-state index in [1.165, 1.54) is 87.4 Å². The van der Waals surface area contributed by atoms with Crippen molar-refractivity contribution in [2.24, 2.45) is 0 Å². The molecule has 0 amide bonds. The molecule has 304 valence electrons. The molecule has 0 radical (unpaired) electrons. The van der Waals surface area contributed by atoms with Gasteiger partial charge in [0.1, 0.15) is 5.58 Å². The second kappa shape index (κ2) is 14.9. The van der Waals surface area contributed by atoms with Gasteiger partial charge >= 0.3 is 0 Å². The summed E-state index contributed by atoms with van der Waals surface area (Å²) in [6, 6.07) is 79.7. The Labute approximate surface area is 373 Å². The highest BCUT2D eigenvalue weighted by atomic mass is 16.3. The highest BCUT2D eigenvalue weighted by molar-refractivity contribution is 6.22. The zero-order valence-corrected chi connectivity index (χ0v) is 36.1. The summed E-state index contributed by atoms with van der Waals surface area (Å²) in [5.74, 6) is 0. The normalized spacial score (nSPS) is 12.0. The smallest absolute Gasteiger partial charge is 0.159 e. The summed E-state index contributed by atoms with van der Waals surface area (Å²) < 4.78 is 7.16. The van der Waals surface area contributed by atoms with Gasteiger partial charge in [-0.3, -0.25) is 0 Å². The van der Waals surface area contributed by atoms with Crippen LogP contribution in [-0.4, -0.2) is 0 Å². The minimum Gasteiger partial charge on any atom is -0.454 e. The summed E-state index contributed by atoms with van der Waals surface area (Å²) in [6.07, 6.45) is 0. The Kier molecular flexibility index (Phi) is 8.77. The van der Waals surface area contributed by atoms with Gasteiger partial charge in [0.25, 0.3) is 0 Å². The first-order valence-corrected chi connectivity index (χ1v) is 22.2. The predicted octanol–water partition coefficient (Wildman–Crippen LogP) is 18.0. The Balaban J connectivity index is 0.972. The van der Waals surface area contributed by atoms with Gasteiger partial charge in [-0.15, -0.1) is 0 Å². The molecule has 0 aliphatic heterocycles. The lowest BCUT2D eigenvalue weighted by Crippen LogP contribution is -2.11. The molecular formula is C62H45NO. The molecule has 1 heterocycles. The summed E-state index contributed by atoms with van der Waals surface area (Å²) >= 11 is 0. The van der Waals surface area contributed by atoms with Crippen LogP contribution in [0.15, 0.2) is 223 Å². The highest BCUT2D eigenvalue weighted by Crippen LogP contribution is 2.47. The third-order valence-electron chi connectivity index (χ3n) is 13.1. The molecule has 12 aromatic rings. The molecule has 0 spiro atoms. The van der Waals surface area contributed by atoms with Crippen molar-refractivity contribution in [1.82, 2.24) is 0 Å². The standard InChI is InChI=1S/C62H45NO/c1-62(2,3)57-39-50-15-7-9-18-55(50)59-56-20-11-21-58(60(56)64-61(57)59)63(52-34-30-43(31-35-52)54-19-10-16-42-13-6-8-17-53(42)54)51-32-28-41(29-33-51)45-24-25-48-38-49(27-26-47(48)37-45)46-23-22-40-12-4-5-14-44(40)36-46/h4-39H,1-3H3. The van der Waals surface area contributed by atoms with Crippen LogP contribution in [-0.2, 0) is 5.41 Å². The fourth-order valence-electron chi connectivity index (χ4n) is 9.84. The van der Waals surface area contributed by atoms with Crippen LogP contribution in [0.5, 0.6) is 0 Å². The van der Waals surface area contributed by atoms with E-state index in [-0.39, 0.29) is 5.41 Å². The number of furan rings is 1. The number of rotatable bonds is 6. The van der Waals surface area contributed by atoms with Crippen LogP contribution >= 0.6 is 0 Å².